The zero-order valence-electron chi connectivity index (χ0n) is 17.3. The van der Waals surface area contributed by atoms with Gasteiger partial charge in [0.25, 0.3) is 0 Å². The quantitative estimate of drug-likeness (QED) is 0.238. The van der Waals surface area contributed by atoms with Crippen molar-refractivity contribution in [2.45, 2.75) is 25.7 Å². The third-order valence-corrected chi connectivity index (χ3v) is 6.94. The normalized spacial score (nSPS) is 15.2. The molecule has 4 nitrogen and oxygen atoms in total. The fourth-order valence-electron chi connectivity index (χ4n) is 5.10. The number of pyridine rings is 1. The molecule has 4 aromatic rings. The minimum atomic E-state index is -0.424. The van der Waals surface area contributed by atoms with E-state index in [9.17, 15) is 10.1 Å². The standard InChI is InChI=1S/C27H19ClN2O2/c28-25-14-17-10-12-20-19-7-3-1-5-16(19)9-11-21(20)22(17)15-23(25)24-13-18-6-2-4-8-26(18)29-27(24)30(31)32/h2-4,6-8,10,12-15H,1,5,9,11H2. The van der Waals surface area contributed by atoms with E-state index >= 15 is 0 Å². The Balaban J connectivity index is 1.62. The van der Waals surface area contributed by atoms with Gasteiger partial charge < -0.3 is 10.1 Å². The Kier molecular flexibility index (Phi) is 4.37. The molecule has 32 heavy (non-hydrogen) atoms. The average Bonchev–Trinajstić information content (AvgIpc) is 2.82. The molecule has 0 bridgehead atoms. The van der Waals surface area contributed by atoms with Crippen LogP contribution in [0.3, 0.4) is 0 Å². The van der Waals surface area contributed by atoms with Crippen LogP contribution in [0.2, 0.25) is 5.02 Å². The van der Waals surface area contributed by atoms with Crippen LogP contribution in [0.4, 0.5) is 5.82 Å². The number of hydrogen-bond acceptors (Lipinski definition) is 3. The number of fused-ring (bicyclic) bond motifs is 5. The number of nitrogens with zero attached hydrogens (tertiary/aromatic N) is 2. The largest absolute Gasteiger partial charge is 0.372 e. The molecule has 0 saturated heterocycles. The van der Waals surface area contributed by atoms with Gasteiger partial charge >= 0.3 is 5.82 Å². The molecule has 0 amide bonds. The first-order chi connectivity index (χ1) is 15.6. The average molecular weight is 439 g/mol. The molecule has 0 aliphatic heterocycles. The fourth-order valence-corrected chi connectivity index (χ4v) is 5.38. The summed E-state index contributed by atoms with van der Waals surface area (Å²) in [5.74, 6) is -0.171. The summed E-state index contributed by atoms with van der Waals surface area (Å²) in [7, 11) is 0. The first kappa shape index (κ1) is 19.2. The number of halogens is 1. The van der Waals surface area contributed by atoms with Crippen molar-refractivity contribution in [3.05, 3.63) is 98.6 Å². The molecule has 0 saturated carbocycles. The molecule has 0 N–H and O–H groups in total. The van der Waals surface area contributed by atoms with E-state index < -0.39 is 4.92 Å². The van der Waals surface area contributed by atoms with Gasteiger partial charge in [0.2, 0.25) is 0 Å². The molecule has 6 rings (SSSR count). The molecule has 2 aliphatic rings. The van der Waals surface area contributed by atoms with Crippen molar-refractivity contribution < 1.29 is 4.92 Å². The highest BCUT2D eigenvalue weighted by molar-refractivity contribution is 6.34. The molecule has 5 heteroatoms. The highest BCUT2D eigenvalue weighted by atomic mass is 35.5. The number of benzene rings is 3. The molecule has 3 aromatic carbocycles. The molecule has 0 spiro atoms. The van der Waals surface area contributed by atoms with E-state index in [0.29, 0.717) is 21.7 Å². The zero-order valence-corrected chi connectivity index (χ0v) is 18.0. The third-order valence-electron chi connectivity index (χ3n) is 6.63. The van der Waals surface area contributed by atoms with E-state index in [-0.39, 0.29) is 5.82 Å². The van der Waals surface area contributed by atoms with Crippen LogP contribution < -0.4 is 0 Å². The molecule has 0 radical (unpaired) electrons. The first-order valence-corrected chi connectivity index (χ1v) is 11.2. The number of rotatable bonds is 2. The fraction of sp³-hybridized carbons (Fsp3) is 0.148. The van der Waals surface area contributed by atoms with Gasteiger partial charge in [0, 0.05) is 16.0 Å². The lowest BCUT2D eigenvalue weighted by Gasteiger charge is -2.25. The summed E-state index contributed by atoms with van der Waals surface area (Å²) in [6.07, 6.45) is 8.76. The second kappa shape index (κ2) is 7.28. The van der Waals surface area contributed by atoms with Crippen LogP contribution in [-0.4, -0.2) is 9.91 Å². The van der Waals surface area contributed by atoms with Gasteiger partial charge in [-0.2, -0.15) is 0 Å². The Morgan fingerprint density at radius 3 is 2.66 bits per heavy atom. The monoisotopic (exact) mass is 438 g/mol. The topological polar surface area (TPSA) is 56.0 Å². The van der Waals surface area contributed by atoms with Gasteiger partial charge in [0.05, 0.1) is 5.56 Å². The maximum atomic E-state index is 11.9. The minimum absolute atomic E-state index is 0.171. The summed E-state index contributed by atoms with van der Waals surface area (Å²) in [6, 6.07) is 17.5. The van der Waals surface area contributed by atoms with Crippen LogP contribution in [-0.2, 0) is 6.42 Å². The molecule has 1 aromatic heterocycles. The van der Waals surface area contributed by atoms with E-state index in [1.165, 1.54) is 22.3 Å². The lowest BCUT2D eigenvalue weighted by Crippen LogP contribution is -2.07. The molecule has 0 unspecified atom stereocenters. The van der Waals surface area contributed by atoms with E-state index in [2.05, 4.69) is 29.3 Å². The molecule has 0 fully saturated rings. The number of aryl methyl sites for hydroxylation is 1. The number of hydrogen-bond donors (Lipinski definition) is 0. The van der Waals surface area contributed by atoms with Crippen LogP contribution in [0.15, 0.2) is 72.3 Å². The molecule has 0 atom stereocenters. The van der Waals surface area contributed by atoms with Crippen LogP contribution in [0, 0.1) is 10.1 Å². The van der Waals surface area contributed by atoms with Crippen LogP contribution in [0.1, 0.15) is 30.4 Å². The van der Waals surface area contributed by atoms with Gasteiger partial charge in [-0.05, 0) is 87.3 Å². The van der Waals surface area contributed by atoms with E-state index in [4.69, 9.17) is 11.6 Å². The van der Waals surface area contributed by atoms with Gasteiger partial charge in [0.15, 0.2) is 5.52 Å². The Hall–Kier alpha value is -3.50. The lowest BCUT2D eigenvalue weighted by molar-refractivity contribution is -0.388. The SMILES string of the molecule is O=[N+]([O-])c1nc2ccccc2cc1-c1cc2c3c(ccc2cc1Cl)C1=C(CCC=C1)CC3. The van der Waals surface area contributed by atoms with Crippen molar-refractivity contribution in [2.75, 3.05) is 0 Å². The van der Waals surface area contributed by atoms with Crippen molar-refractivity contribution in [1.29, 1.82) is 0 Å². The van der Waals surface area contributed by atoms with Crippen LogP contribution in [0.25, 0.3) is 38.4 Å². The minimum Gasteiger partial charge on any atom is -0.358 e. The number of nitro groups is 1. The highest BCUT2D eigenvalue weighted by Crippen LogP contribution is 2.43. The second-order valence-electron chi connectivity index (χ2n) is 8.41. The van der Waals surface area contributed by atoms with Crippen LogP contribution >= 0.6 is 11.6 Å². The Labute approximate surface area is 190 Å². The van der Waals surface area contributed by atoms with E-state index in [1.54, 1.807) is 6.07 Å². The molecular formula is C27H19ClN2O2. The zero-order chi connectivity index (χ0) is 21.8. The predicted molar refractivity (Wildman–Crippen MR) is 130 cm³/mol. The van der Waals surface area contributed by atoms with E-state index in [0.717, 1.165) is 41.8 Å². The third kappa shape index (κ3) is 2.94. The van der Waals surface area contributed by atoms with Gasteiger partial charge in [-0.3, -0.25) is 0 Å². The Bertz CT molecular complexity index is 1520. The smallest absolute Gasteiger partial charge is 0.358 e. The highest BCUT2D eigenvalue weighted by Gasteiger charge is 2.24. The first-order valence-electron chi connectivity index (χ1n) is 10.8. The summed E-state index contributed by atoms with van der Waals surface area (Å²) in [5.41, 5.74) is 7.14. The van der Waals surface area contributed by atoms with Crippen molar-refractivity contribution in [1.82, 2.24) is 4.98 Å². The molecular weight excluding hydrogens is 420 g/mol. The van der Waals surface area contributed by atoms with Gasteiger partial charge in [-0.1, -0.05) is 59.7 Å². The summed E-state index contributed by atoms with van der Waals surface area (Å²) >= 11 is 6.69. The van der Waals surface area contributed by atoms with Crippen molar-refractivity contribution in [3.8, 4) is 11.1 Å². The molecule has 156 valence electrons. The van der Waals surface area contributed by atoms with Crippen molar-refractivity contribution in [3.63, 3.8) is 0 Å². The van der Waals surface area contributed by atoms with Gasteiger partial charge in [0.1, 0.15) is 0 Å². The number of allylic oxidation sites excluding steroid dienone is 4. The summed E-state index contributed by atoms with van der Waals surface area (Å²) in [4.78, 5) is 15.8. The second-order valence-corrected chi connectivity index (χ2v) is 8.82. The maximum absolute atomic E-state index is 11.9. The molecule has 1 heterocycles. The van der Waals surface area contributed by atoms with Crippen LogP contribution in [0.5, 0.6) is 0 Å². The van der Waals surface area contributed by atoms with Crippen molar-refractivity contribution >= 4 is 44.7 Å². The Morgan fingerprint density at radius 2 is 1.78 bits per heavy atom. The summed E-state index contributed by atoms with van der Waals surface area (Å²) in [5, 5.41) is 15.4. The predicted octanol–water partition coefficient (Wildman–Crippen LogP) is 7.67. The number of para-hydroxylation sites is 1. The summed E-state index contributed by atoms with van der Waals surface area (Å²) in [6.45, 7) is 0. The number of aromatic nitrogens is 1. The Morgan fingerprint density at radius 1 is 0.906 bits per heavy atom. The molecule has 2 aliphatic carbocycles. The van der Waals surface area contributed by atoms with Gasteiger partial charge in [-0.15, -0.1) is 0 Å². The lowest BCUT2D eigenvalue weighted by atomic mass is 9.79. The summed E-state index contributed by atoms with van der Waals surface area (Å²) < 4.78 is 0. The van der Waals surface area contributed by atoms with Gasteiger partial charge in [-0.25, -0.2) is 0 Å². The van der Waals surface area contributed by atoms with Crippen molar-refractivity contribution in [2.24, 2.45) is 0 Å². The maximum Gasteiger partial charge on any atom is 0.372 e. The van der Waals surface area contributed by atoms with E-state index in [1.807, 2.05) is 36.4 Å².